The lowest BCUT2D eigenvalue weighted by Crippen LogP contribution is -2.24. The second-order valence-corrected chi connectivity index (χ2v) is 11.1. The van der Waals surface area contributed by atoms with E-state index in [-0.39, 0.29) is 0 Å². The van der Waals surface area contributed by atoms with Gasteiger partial charge in [0.05, 0.1) is 16.2 Å². The standard InChI is InChI=1S/C34H26NO5P/c1-5-24-25-16-11-13-19-30(25)41(40-28(24)6-2)31-20-29(38-21(3)36)33-32(34(31)39-22(4)37)26-17-10-12-18-27(26)35(33)23-14-8-7-9-15-23/h5-20H,1-2H2,3-4H3. The van der Waals surface area contributed by atoms with E-state index in [1.807, 2.05) is 83.4 Å². The lowest BCUT2D eigenvalue weighted by Gasteiger charge is -2.30. The molecule has 0 saturated heterocycles. The van der Waals surface area contributed by atoms with Crippen molar-refractivity contribution in [3.8, 4) is 17.2 Å². The number of carbonyl (C=O) groups excluding carboxylic acids is 2. The highest BCUT2D eigenvalue weighted by molar-refractivity contribution is 7.69. The minimum Gasteiger partial charge on any atom is -0.464 e. The Bertz CT molecular complexity index is 1920. The lowest BCUT2D eigenvalue weighted by atomic mass is 10.0. The third kappa shape index (κ3) is 4.43. The quantitative estimate of drug-likeness (QED) is 0.126. The smallest absolute Gasteiger partial charge is 0.308 e. The van der Waals surface area contributed by atoms with Gasteiger partial charge in [-0.3, -0.25) is 9.59 Å². The Balaban J connectivity index is 1.78. The molecule has 0 saturated carbocycles. The van der Waals surface area contributed by atoms with Crippen LogP contribution in [0.15, 0.2) is 116 Å². The normalized spacial score (nSPS) is 14.3. The summed E-state index contributed by atoms with van der Waals surface area (Å²) in [7, 11) is -1.58. The number of carbonyl (C=O) groups is 2. The molecule has 0 amide bonds. The maximum atomic E-state index is 12.6. The first-order chi connectivity index (χ1) is 19.9. The second-order valence-electron chi connectivity index (χ2n) is 9.41. The molecule has 41 heavy (non-hydrogen) atoms. The molecular weight excluding hydrogens is 533 g/mol. The highest BCUT2D eigenvalue weighted by atomic mass is 31.1. The molecule has 7 heteroatoms. The molecule has 6 nitrogen and oxygen atoms in total. The molecule has 2 heterocycles. The maximum absolute atomic E-state index is 12.6. The van der Waals surface area contributed by atoms with Crippen molar-refractivity contribution in [1.82, 2.24) is 4.57 Å². The molecule has 0 spiro atoms. The van der Waals surface area contributed by atoms with Crippen molar-refractivity contribution in [1.29, 1.82) is 0 Å². The van der Waals surface area contributed by atoms with E-state index in [2.05, 4.69) is 13.2 Å². The van der Waals surface area contributed by atoms with Crippen LogP contribution < -0.4 is 20.1 Å². The molecular formula is C34H26NO5P. The van der Waals surface area contributed by atoms with Crippen molar-refractivity contribution in [3.05, 3.63) is 122 Å². The van der Waals surface area contributed by atoms with E-state index in [0.717, 1.165) is 33.0 Å². The van der Waals surface area contributed by atoms with Crippen LogP contribution in [-0.4, -0.2) is 16.5 Å². The van der Waals surface area contributed by atoms with Crippen LogP contribution >= 0.6 is 8.15 Å². The summed E-state index contributed by atoms with van der Waals surface area (Å²) in [4.78, 5) is 25.1. The number of benzene rings is 4. The fourth-order valence-corrected chi connectivity index (χ4v) is 7.35. The van der Waals surface area contributed by atoms with Gasteiger partial charge in [-0.15, -0.1) is 0 Å². The number of aromatic nitrogens is 1. The van der Waals surface area contributed by atoms with Crippen LogP contribution in [0.1, 0.15) is 19.4 Å². The van der Waals surface area contributed by atoms with E-state index >= 15 is 0 Å². The summed E-state index contributed by atoms with van der Waals surface area (Å²) in [5, 5.41) is 3.00. The fraction of sp³-hybridized carbons (Fsp3) is 0.0588. The minimum atomic E-state index is -1.58. The Morgan fingerprint density at radius 3 is 2.22 bits per heavy atom. The Morgan fingerprint density at radius 2 is 1.51 bits per heavy atom. The van der Waals surface area contributed by atoms with Gasteiger partial charge >= 0.3 is 11.9 Å². The van der Waals surface area contributed by atoms with Gasteiger partial charge < -0.3 is 18.6 Å². The molecule has 0 aliphatic carbocycles. The topological polar surface area (TPSA) is 66.8 Å². The number of nitrogens with zero attached hydrogens (tertiary/aromatic N) is 1. The highest BCUT2D eigenvalue weighted by Gasteiger charge is 2.34. The van der Waals surface area contributed by atoms with Gasteiger partial charge in [-0.2, -0.15) is 0 Å². The van der Waals surface area contributed by atoms with Crippen LogP contribution in [-0.2, 0) is 14.1 Å². The molecule has 1 aromatic heterocycles. The highest BCUT2D eigenvalue weighted by Crippen LogP contribution is 2.52. The van der Waals surface area contributed by atoms with Gasteiger partial charge in [-0.1, -0.05) is 79.9 Å². The van der Waals surface area contributed by atoms with Gasteiger partial charge in [0.25, 0.3) is 0 Å². The monoisotopic (exact) mass is 559 g/mol. The van der Waals surface area contributed by atoms with Crippen LogP contribution in [0, 0.1) is 0 Å². The Labute approximate surface area is 238 Å². The number of esters is 2. The predicted octanol–water partition coefficient (Wildman–Crippen LogP) is 7.10. The van der Waals surface area contributed by atoms with Crippen LogP contribution in [0.3, 0.4) is 0 Å². The summed E-state index contributed by atoms with van der Waals surface area (Å²) in [6, 6.07) is 27.3. The van der Waals surface area contributed by atoms with Crippen LogP contribution in [0.2, 0.25) is 0 Å². The van der Waals surface area contributed by atoms with Gasteiger partial charge in [0.15, 0.2) is 19.6 Å². The summed E-state index contributed by atoms with van der Waals surface area (Å²) in [5.41, 5.74) is 4.12. The average molecular weight is 560 g/mol. The lowest BCUT2D eigenvalue weighted by molar-refractivity contribution is -0.132. The second kappa shape index (κ2) is 10.6. The number of ether oxygens (including phenoxy) is 2. The molecule has 5 aromatic rings. The zero-order valence-electron chi connectivity index (χ0n) is 22.6. The number of hydrogen-bond acceptors (Lipinski definition) is 5. The molecule has 6 rings (SSSR count). The molecule has 0 radical (unpaired) electrons. The maximum Gasteiger partial charge on any atom is 0.308 e. The summed E-state index contributed by atoms with van der Waals surface area (Å²) in [6.07, 6.45) is 3.40. The summed E-state index contributed by atoms with van der Waals surface area (Å²) in [6.45, 7) is 10.7. The molecule has 4 aromatic carbocycles. The summed E-state index contributed by atoms with van der Waals surface area (Å²) in [5.74, 6) is 0.317. The Kier molecular flexibility index (Phi) is 6.78. The number of hydrogen-bond donors (Lipinski definition) is 0. The van der Waals surface area contributed by atoms with E-state index in [0.29, 0.717) is 33.5 Å². The van der Waals surface area contributed by atoms with Crippen LogP contribution in [0.5, 0.6) is 11.5 Å². The third-order valence-corrected chi connectivity index (χ3v) is 8.80. The summed E-state index contributed by atoms with van der Waals surface area (Å²) < 4.78 is 20.6. The van der Waals surface area contributed by atoms with Gasteiger partial charge in [-0.05, 0) is 35.9 Å². The minimum absolute atomic E-state index is 0.334. The largest absolute Gasteiger partial charge is 0.464 e. The molecule has 0 bridgehead atoms. The van der Waals surface area contributed by atoms with Crippen molar-refractivity contribution >= 4 is 58.1 Å². The molecule has 1 atom stereocenters. The third-order valence-electron chi connectivity index (χ3n) is 6.83. The molecule has 1 unspecified atom stereocenters. The zero-order valence-corrected chi connectivity index (χ0v) is 23.5. The van der Waals surface area contributed by atoms with Crippen LogP contribution in [0.25, 0.3) is 33.1 Å². The molecule has 0 N–H and O–H groups in total. The van der Waals surface area contributed by atoms with Gasteiger partial charge in [0.2, 0.25) is 0 Å². The Morgan fingerprint density at radius 1 is 0.829 bits per heavy atom. The first kappa shape index (κ1) is 26.3. The molecule has 202 valence electrons. The zero-order chi connectivity index (χ0) is 28.7. The van der Waals surface area contributed by atoms with Crippen molar-refractivity contribution in [2.75, 3.05) is 0 Å². The van der Waals surface area contributed by atoms with E-state index in [4.69, 9.17) is 14.0 Å². The number of para-hydroxylation sites is 2. The molecule has 1 aliphatic heterocycles. The predicted molar refractivity (Wildman–Crippen MR) is 164 cm³/mol. The summed E-state index contributed by atoms with van der Waals surface area (Å²) >= 11 is 0. The number of rotatable bonds is 6. The van der Waals surface area contributed by atoms with Crippen molar-refractivity contribution in [2.45, 2.75) is 13.8 Å². The fourth-order valence-electron chi connectivity index (χ4n) is 5.31. The first-order valence-corrected chi connectivity index (χ1v) is 14.3. The van der Waals surface area contributed by atoms with Crippen molar-refractivity contribution < 1.29 is 23.6 Å². The first-order valence-electron chi connectivity index (χ1n) is 13.0. The van der Waals surface area contributed by atoms with Gasteiger partial charge in [-0.25, -0.2) is 0 Å². The van der Waals surface area contributed by atoms with E-state index in [9.17, 15) is 9.59 Å². The number of fused-ring (bicyclic) bond motifs is 4. The Hall–Kier alpha value is -4.93. The van der Waals surface area contributed by atoms with Crippen molar-refractivity contribution in [2.24, 2.45) is 0 Å². The number of allylic oxidation sites excluding steroid dienone is 3. The van der Waals surface area contributed by atoms with E-state index < -0.39 is 20.1 Å². The molecule has 0 fully saturated rings. The van der Waals surface area contributed by atoms with Crippen molar-refractivity contribution in [3.63, 3.8) is 0 Å². The van der Waals surface area contributed by atoms with E-state index in [1.165, 1.54) is 13.8 Å². The van der Waals surface area contributed by atoms with E-state index in [1.54, 1.807) is 18.2 Å². The SMILES string of the molecule is C=CC1=C(C=C)c2ccccc2P(c2cc(OC(C)=O)c3c(c2OC(C)=O)c2ccccc2n3-c2ccccc2)O1. The van der Waals surface area contributed by atoms with Gasteiger partial charge in [0.1, 0.15) is 11.3 Å². The molecule has 1 aliphatic rings. The van der Waals surface area contributed by atoms with Gasteiger partial charge in [0, 0.05) is 35.8 Å². The average Bonchev–Trinajstić information content (AvgIpc) is 3.33. The van der Waals surface area contributed by atoms with Crippen LogP contribution in [0.4, 0.5) is 0 Å².